The van der Waals surface area contributed by atoms with E-state index < -0.39 is 0 Å². The van der Waals surface area contributed by atoms with Gasteiger partial charge in [-0.2, -0.15) is 0 Å². The lowest BCUT2D eigenvalue weighted by Gasteiger charge is -2.30. The molecule has 6 heteroatoms. The molecule has 5 rings (SSSR count). The van der Waals surface area contributed by atoms with Crippen molar-refractivity contribution < 1.29 is 9.13 Å². The van der Waals surface area contributed by atoms with Gasteiger partial charge in [0.15, 0.2) is 0 Å². The van der Waals surface area contributed by atoms with Crippen LogP contribution in [0.2, 0.25) is 10.0 Å². The van der Waals surface area contributed by atoms with E-state index in [0.717, 1.165) is 30.6 Å². The van der Waals surface area contributed by atoms with Gasteiger partial charge in [-0.1, -0.05) is 23.2 Å². The third kappa shape index (κ3) is 3.04. The lowest BCUT2D eigenvalue weighted by molar-refractivity contribution is 0.0952. The molecule has 0 bridgehead atoms. The largest absolute Gasteiger partial charge is 0.482 e. The summed E-state index contributed by atoms with van der Waals surface area (Å²) in [5.41, 5.74) is 2.64. The van der Waals surface area contributed by atoms with E-state index >= 15 is 0 Å². The number of likely N-dealkylation sites (tertiary alicyclic amines) is 1. The van der Waals surface area contributed by atoms with Gasteiger partial charge < -0.3 is 4.74 Å². The molecular formula is C22H19Cl2FN2O. The second-order valence-corrected chi connectivity index (χ2v) is 8.30. The van der Waals surface area contributed by atoms with E-state index in [1.807, 2.05) is 6.07 Å². The summed E-state index contributed by atoms with van der Waals surface area (Å²) in [6.07, 6.45) is 4.63. The van der Waals surface area contributed by atoms with E-state index in [1.54, 1.807) is 30.5 Å². The van der Waals surface area contributed by atoms with Crippen molar-refractivity contribution in [1.82, 2.24) is 9.88 Å². The molecule has 1 aliphatic carbocycles. The van der Waals surface area contributed by atoms with Crippen LogP contribution < -0.4 is 4.74 Å². The number of rotatable bonds is 3. The number of hydrogen-bond donors (Lipinski definition) is 0. The minimum absolute atomic E-state index is 0.178. The maximum absolute atomic E-state index is 14.2. The zero-order valence-electron chi connectivity index (χ0n) is 15.2. The van der Waals surface area contributed by atoms with Gasteiger partial charge in [0.2, 0.25) is 0 Å². The predicted molar refractivity (Wildman–Crippen MR) is 110 cm³/mol. The van der Waals surface area contributed by atoms with Gasteiger partial charge in [0.05, 0.1) is 6.04 Å². The molecule has 3 nitrogen and oxygen atoms in total. The summed E-state index contributed by atoms with van der Waals surface area (Å²) in [5.74, 6) is 0.277. The summed E-state index contributed by atoms with van der Waals surface area (Å²) in [6.45, 7) is 2.10. The highest BCUT2D eigenvalue weighted by atomic mass is 35.5. The summed E-state index contributed by atoms with van der Waals surface area (Å²) in [5, 5.41) is 1.74. The van der Waals surface area contributed by atoms with E-state index in [-0.39, 0.29) is 18.0 Å². The Labute approximate surface area is 173 Å². The molecule has 0 spiro atoms. The van der Waals surface area contributed by atoms with Crippen molar-refractivity contribution in [3.63, 3.8) is 0 Å². The van der Waals surface area contributed by atoms with Crippen molar-refractivity contribution in [1.29, 1.82) is 0 Å². The van der Waals surface area contributed by atoms with Crippen LogP contribution in [0.5, 0.6) is 5.75 Å². The third-order valence-corrected chi connectivity index (χ3v) is 6.36. The van der Waals surface area contributed by atoms with Gasteiger partial charge >= 0.3 is 0 Å². The molecule has 0 saturated carbocycles. The SMILES string of the molecule is Fc1ccc(OC2c3cc(Cl)cc(Cl)c3CC2N2CCCC2)c2ncccc12. The van der Waals surface area contributed by atoms with Crippen LogP contribution in [0, 0.1) is 5.82 Å². The number of pyridine rings is 1. The highest BCUT2D eigenvalue weighted by Gasteiger charge is 2.40. The Bertz CT molecular complexity index is 1050. The maximum atomic E-state index is 14.2. The zero-order valence-corrected chi connectivity index (χ0v) is 16.7. The second-order valence-electron chi connectivity index (χ2n) is 7.45. The van der Waals surface area contributed by atoms with E-state index in [4.69, 9.17) is 27.9 Å². The number of benzene rings is 2. The van der Waals surface area contributed by atoms with Crippen LogP contribution in [0.4, 0.5) is 4.39 Å². The average molecular weight is 417 g/mol. The van der Waals surface area contributed by atoms with Crippen molar-refractivity contribution in [3.8, 4) is 5.75 Å². The minimum atomic E-state index is -0.301. The molecule has 1 aliphatic heterocycles. The summed E-state index contributed by atoms with van der Waals surface area (Å²) < 4.78 is 20.7. The highest BCUT2D eigenvalue weighted by Crippen LogP contribution is 2.44. The first-order chi connectivity index (χ1) is 13.6. The summed E-state index contributed by atoms with van der Waals surface area (Å²) >= 11 is 12.8. The van der Waals surface area contributed by atoms with Gasteiger partial charge in [0.25, 0.3) is 0 Å². The molecule has 3 aromatic rings. The Morgan fingerprint density at radius 3 is 2.75 bits per heavy atom. The number of nitrogens with zero attached hydrogens (tertiary/aromatic N) is 2. The molecule has 1 aromatic heterocycles. The molecule has 1 fully saturated rings. The van der Waals surface area contributed by atoms with Gasteiger partial charge in [-0.05, 0) is 74.3 Å². The quantitative estimate of drug-likeness (QED) is 0.537. The predicted octanol–water partition coefficient (Wildman–Crippen LogP) is 5.82. The van der Waals surface area contributed by atoms with E-state index in [0.29, 0.717) is 26.7 Å². The van der Waals surface area contributed by atoms with Gasteiger partial charge in [0, 0.05) is 27.2 Å². The minimum Gasteiger partial charge on any atom is -0.482 e. The molecule has 0 N–H and O–H groups in total. The molecule has 0 amide bonds. The van der Waals surface area contributed by atoms with E-state index in [9.17, 15) is 4.39 Å². The van der Waals surface area contributed by atoms with Crippen LogP contribution in [-0.4, -0.2) is 29.0 Å². The first-order valence-electron chi connectivity index (χ1n) is 9.53. The molecular weight excluding hydrogens is 398 g/mol. The van der Waals surface area contributed by atoms with Crippen molar-refractivity contribution in [2.75, 3.05) is 13.1 Å². The standard InChI is InChI=1S/C22H19Cl2FN2O/c23-13-10-16-15(17(24)11-13)12-19(27-8-1-2-9-27)22(16)28-20-6-5-18(25)14-4-3-7-26-21(14)20/h3-7,10-11,19,22H,1-2,8-9,12H2. The number of ether oxygens (including phenoxy) is 1. The van der Waals surface area contributed by atoms with Gasteiger partial charge in [-0.25, -0.2) is 4.39 Å². The Balaban J connectivity index is 1.60. The van der Waals surface area contributed by atoms with Gasteiger partial charge in [0.1, 0.15) is 23.2 Å². The number of fused-ring (bicyclic) bond motifs is 2. The average Bonchev–Trinajstić information content (AvgIpc) is 3.33. The Morgan fingerprint density at radius 2 is 1.93 bits per heavy atom. The third-order valence-electron chi connectivity index (χ3n) is 5.81. The maximum Gasteiger partial charge on any atom is 0.146 e. The molecule has 0 radical (unpaired) electrons. The lowest BCUT2D eigenvalue weighted by atomic mass is 10.1. The first-order valence-corrected chi connectivity index (χ1v) is 10.3. The summed E-state index contributed by atoms with van der Waals surface area (Å²) in [4.78, 5) is 6.83. The molecule has 2 aliphatic rings. The number of halogens is 3. The van der Waals surface area contributed by atoms with Crippen molar-refractivity contribution >= 4 is 34.1 Å². The first kappa shape index (κ1) is 18.2. The van der Waals surface area contributed by atoms with Gasteiger partial charge in [-0.3, -0.25) is 9.88 Å². The van der Waals surface area contributed by atoms with Gasteiger partial charge in [-0.15, -0.1) is 0 Å². The topological polar surface area (TPSA) is 25.4 Å². The van der Waals surface area contributed by atoms with Crippen molar-refractivity contribution in [2.24, 2.45) is 0 Å². The molecule has 2 heterocycles. The van der Waals surface area contributed by atoms with Crippen molar-refractivity contribution in [3.05, 3.63) is 69.6 Å². The Hall–Kier alpha value is -1.88. The van der Waals surface area contributed by atoms with Crippen LogP contribution in [0.1, 0.15) is 30.1 Å². The molecule has 28 heavy (non-hydrogen) atoms. The monoisotopic (exact) mass is 416 g/mol. The van der Waals surface area contributed by atoms with Crippen LogP contribution in [-0.2, 0) is 6.42 Å². The Morgan fingerprint density at radius 1 is 1.11 bits per heavy atom. The summed E-state index contributed by atoms with van der Waals surface area (Å²) in [6, 6.07) is 10.5. The van der Waals surface area contributed by atoms with Crippen LogP contribution in [0.25, 0.3) is 10.9 Å². The fourth-order valence-corrected chi connectivity index (χ4v) is 5.08. The molecule has 2 aromatic carbocycles. The van der Waals surface area contributed by atoms with Crippen molar-refractivity contribution in [2.45, 2.75) is 31.4 Å². The molecule has 2 unspecified atom stereocenters. The Kier molecular flexibility index (Phi) is 4.66. The molecule has 2 atom stereocenters. The number of hydrogen-bond acceptors (Lipinski definition) is 3. The smallest absolute Gasteiger partial charge is 0.146 e. The number of aromatic nitrogens is 1. The second kappa shape index (κ2) is 7.18. The van der Waals surface area contributed by atoms with Crippen LogP contribution >= 0.6 is 23.2 Å². The highest BCUT2D eigenvalue weighted by molar-refractivity contribution is 6.35. The molecule has 1 saturated heterocycles. The van der Waals surface area contributed by atoms with Crippen LogP contribution in [0.3, 0.4) is 0 Å². The van der Waals surface area contributed by atoms with E-state index in [1.165, 1.54) is 18.9 Å². The van der Waals surface area contributed by atoms with E-state index in [2.05, 4.69) is 9.88 Å². The fraction of sp³-hybridized carbons (Fsp3) is 0.318. The molecule has 144 valence electrons. The fourth-order valence-electron chi connectivity index (χ4n) is 4.50. The zero-order chi connectivity index (χ0) is 19.3. The lowest BCUT2D eigenvalue weighted by Crippen LogP contribution is -2.38. The summed E-state index contributed by atoms with van der Waals surface area (Å²) in [7, 11) is 0. The normalized spacial score (nSPS) is 22.0. The van der Waals surface area contributed by atoms with Crippen LogP contribution in [0.15, 0.2) is 42.6 Å².